The van der Waals surface area contributed by atoms with Gasteiger partial charge in [0.25, 0.3) is 0 Å². The summed E-state index contributed by atoms with van der Waals surface area (Å²) in [6, 6.07) is 12.4. The van der Waals surface area contributed by atoms with Crippen molar-refractivity contribution in [1.82, 2.24) is 9.47 Å². The second-order valence-corrected chi connectivity index (χ2v) is 14.6. The number of hydrogen-bond acceptors (Lipinski definition) is 5. The molecular weight excluding hydrogens is 524 g/mol. The molecule has 2 fully saturated rings. The van der Waals surface area contributed by atoms with Crippen LogP contribution in [-0.2, 0) is 15.9 Å². The van der Waals surface area contributed by atoms with E-state index in [1.807, 2.05) is 59.9 Å². The normalized spacial score (nSPS) is 20.1. The highest BCUT2D eigenvalue weighted by atomic mass is 16.6. The second kappa shape index (κ2) is 11.5. The molecule has 6 nitrogen and oxygen atoms in total. The minimum absolute atomic E-state index is 0.281. The van der Waals surface area contributed by atoms with Crippen molar-refractivity contribution in [3.05, 3.63) is 70.4 Å². The molecule has 0 unspecified atom stereocenters. The lowest BCUT2D eigenvalue weighted by atomic mass is 9.76. The van der Waals surface area contributed by atoms with Crippen LogP contribution in [0.3, 0.4) is 0 Å². The Hall–Kier alpha value is -3.12. The van der Waals surface area contributed by atoms with Gasteiger partial charge in [-0.05, 0) is 146 Å². The Labute approximate surface area is 251 Å². The van der Waals surface area contributed by atoms with Gasteiger partial charge in [0.1, 0.15) is 11.2 Å². The first-order valence-corrected chi connectivity index (χ1v) is 15.6. The molecule has 1 saturated carbocycles. The molecule has 2 heterocycles. The van der Waals surface area contributed by atoms with Gasteiger partial charge in [0.05, 0.1) is 11.1 Å². The SMILES string of the molecule is Cc1cc(C)c2c(ccn2C(=O)OC(C)(C)C)c1C[C@@H]1CCN(CC2CC2)C[C@H]1c1ccc(C(=O)OC(C)(C)C)cc1. The molecule has 0 radical (unpaired) electrons. The van der Waals surface area contributed by atoms with Gasteiger partial charge in [-0.1, -0.05) is 18.2 Å². The lowest BCUT2D eigenvalue weighted by Gasteiger charge is -2.39. The molecule has 1 aliphatic heterocycles. The molecule has 0 bridgehead atoms. The van der Waals surface area contributed by atoms with E-state index in [2.05, 4.69) is 43.0 Å². The number of hydrogen-bond donors (Lipinski definition) is 0. The van der Waals surface area contributed by atoms with Gasteiger partial charge in [-0.15, -0.1) is 0 Å². The molecule has 2 aliphatic rings. The first-order chi connectivity index (χ1) is 19.7. The van der Waals surface area contributed by atoms with Crippen LogP contribution in [0.2, 0.25) is 0 Å². The number of nitrogens with zero attached hydrogens (tertiary/aromatic N) is 2. The maximum Gasteiger partial charge on any atom is 0.418 e. The van der Waals surface area contributed by atoms with Crippen LogP contribution in [0.4, 0.5) is 4.79 Å². The fraction of sp³-hybridized carbons (Fsp3) is 0.556. The average Bonchev–Trinajstić information content (AvgIpc) is 3.58. The van der Waals surface area contributed by atoms with Crippen molar-refractivity contribution in [1.29, 1.82) is 0 Å². The van der Waals surface area contributed by atoms with Gasteiger partial charge < -0.3 is 14.4 Å². The molecular formula is C36H48N2O4. The summed E-state index contributed by atoms with van der Waals surface area (Å²) >= 11 is 0. The minimum atomic E-state index is -0.560. The number of rotatable bonds is 6. The second-order valence-electron chi connectivity index (χ2n) is 14.6. The average molecular weight is 573 g/mol. The van der Waals surface area contributed by atoms with Crippen LogP contribution in [-0.4, -0.2) is 52.4 Å². The van der Waals surface area contributed by atoms with E-state index >= 15 is 0 Å². The van der Waals surface area contributed by atoms with E-state index in [0.717, 1.165) is 48.3 Å². The van der Waals surface area contributed by atoms with Crippen molar-refractivity contribution in [2.45, 2.75) is 98.2 Å². The maximum atomic E-state index is 13.1. The summed E-state index contributed by atoms with van der Waals surface area (Å²) in [7, 11) is 0. The van der Waals surface area contributed by atoms with Gasteiger partial charge in [0.2, 0.25) is 0 Å². The van der Waals surface area contributed by atoms with Gasteiger partial charge in [0, 0.05) is 24.7 Å². The third-order valence-electron chi connectivity index (χ3n) is 8.58. The summed E-state index contributed by atoms with van der Waals surface area (Å²) in [5.41, 5.74) is 5.39. The highest BCUT2D eigenvalue weighted by Gasteiger charge is 2.34. The number of piperidine rings is 1. The van der Waals surface area contributed by atoms with Crippen LogP contribution in [0.25, 0.3) is 10.9 Å². The number of aryl methyl sites for hydroxylation is 2. The summed E-state index contributed by atoms with van der Waals surface area (Å²) in [5, 5.41) is 1.14. The third kappa shape index (κ3) is 7.08. The summed E-state index contributed by atoms with van der Waals surface area (Å²) in [5.74, 6) is 1.37. The van der Waals surface area contributed by atoms with Crippen molar-refractivity contribution in [3.63, 3.8) is 0 Å². The Morgan fingerprint density at radius 2 is 1.55 bits per heavy atom. The van der Waals surface area contributed by atoms with E-state index in [9.17, 15) is 9.59 Å². The molecule has 1 aromatic heterocycles. The topological polar surface area (TPSA) is 60.8 Å². The molecule has 3 aromatic rings. The molecule has 0 N–H and O–H groups in total. The fourth-order valence-corrected chi connectivity index (χ4v) is 6.49. The summed E-state index contributed by atoms with van der Waals surface area (Å²) in [6.45, 7) is 19.0. The molecule has 0 amide bonds. The molecule has 226 valence electrons. The summed E-state index contributed by atoms with van der Waals surface area (Å²) in [4.78, 5) is 28.4. The van der Waals surface area contributed by atoms with E-state index in [1.165, 1.54) is 36.1 Å². The maximum absolute atomic E-state index is 13.1. The zero-order chi connectivity index (χ0) is 30.4. The van der Waals surface area contributed by atoms with E-state index in [0.29, 0.717) is 17.4 Å². The zero-order valence-corrected chi connectivity index (χ0v) is 26.8. The standard InChI is InChI=1S/C36H48N2O4/c1-23-19-24(2)32-29(16-18-38(32)34(40)42-36(6,7)8)30(23)20-28-15-17-37(21-25-9-10-25)22-31(28)26-11-13-27(14-12-26)33(39)41-35(3,4)5/h11-14,16,18-19,25,28,31H,9-10,15,17,20-22H2,1-8H3/t28-,31-/m0/s1. The van der Waals surface area contributed by atoms with E-state index < -0.39 is 11.2 Å². The van der Waals surface area contributed by atoms with E-state index in [1.54, 1.807) is 4.57 Å². The quantitative estimate of drug-likeness (QED) is 0.280. The largest absolute Gasteiger partial charge is 0.456 e. The number of carbonyl (C=O) groups is 2. The first kappa shape index (κ1) is 30.3. The van der Waals surface area contributed by atoms with E-state index in [-0.39, 0.29) is 12.1 Å². The van der Waals surface area contributed by atoms with Gasteiger partial charge in [-0.3, -0.25) is 4.57 Å². The number of carbonyl (C=O) groups excluding carboxylic acids is 2. The minimum Gasteiger partial charge on any atom is -0.456 e. The molecule has 6 heteroatoms. The van der Waals surface area contributed by atoms with Crippen LogP contribution in [0, 0.1) is 25.7 Å². The molecule has 5 rings (SSSR count). The molecule has 42 heavy (non-hydrogen) atoms. The van der Waals surface area contributed by atoms with Crippen molar-refractivity contribution in [2.24, 2.45) is 11.8 Å². The smallest absolute Gasteiger partial charge is 0.418 e. The predicted octanol–water partition coefficient (Wildman–Crippen LogP) is 8.05. The molecule has 1 saturated heterocycles. The molecule has 1 aliphatic carbocycles. The third-order valence-corrected chi connectivity index (χ3v) is 8.58. The number of esters is 1. The zero-order valence-electron chi connectivity index (χ0n) is 26.8. The van der Waals surface area contributed by atoms with E-state index in [4.69, 9.17) is 9.47 Å². The summed E-state index contributed by atoms with van der Waals surface area (Å²) < 4.78 is 13.0. The van der Waals surface area contributed by atoms with Crippen LogP contribution in [0.5, 0.6) is 0 Å². The Morgan fingerprint density at radius 3 is 2.17 bits per heavy atom. The van der Waals surface area contributed by atoms with Crippen LogP contribution < -0.4 is 0 Å². The highest BCUT2D eigenvalue weighted by molar-refractivity contribution is 5.94. The van der Waals surface area contributed by atoms with Crippen molar-refractivity contribution >= 4 is 23.0 Å². The van der Waals surface area contributed by atoms with Crippen LogP contribution in [0.15, 0.2) is 42.6 Å². The monoisotopic (exact) mass is 572 g/mol. The number of aromatic nitrogens is 1. The van der Waals surface area contributed by atoms with Gasteiger partial charge >= 0.3 is 12.1 Å². The summed E-state index contributed by atoms with van der Waals surface area (Å²) in [6.07, 6.45) is 6.28. The first-order valence-electron chi connectivity index (χ1n) is 15.6. The predicted molar refractivity (Wildman–Crippen MR) is 168 cm³/mol. The number of benzene rings is 2. The number of ether oxygens (including phenoxy) is 2. The Kier molecular flexibility index (Phi) is 8.32. The van der Waals surface area contributed by atoms with Crippen molar-refractivity contribution < 1.29 is 19.1 Å². The molecule has 0 spiro atoms. The van der Waals surface area contributed by atoms with Crippen molar-refractivity contribution in [2.75, 3.05) is 19.6 Å². The molecule has 2 aromatic carbocycles. The van der Waals surface area contributed by atoms with Crippen LogP contribution in [0.1, 0.15) is 99.3 Å². The van der Waals surface area contributed by atoms with Crippen LogP contribution >= 0.6 is 0 Å². The highest BCUT2D eigenvalue weighted by Crippen LogP contribution is 2.40. The Balaban J connectivity index is 1.45. The fourth-order valence-electron chi connectivity index (χ4n) is 6.49. The Morgan fingerprint density at radius 1 is 0.881 bits per heavy atom. The Bertz CT molecular complexity index is 1450. The lowest BCUT2D eigenvalue weighted by molar-refractivity contribution is 0.00691. The molecule has 2 atom stereocenters. The lowest BCUT2D eigenvalue weighted by Crippen LogP contribution is -2.41. The van der Waals surface area contributed by atoms with Gasteiger partial charge in [-0.2, -0.15) is 0 Å². The number of likely N-dealkylation sites (tertiary alicyclic amines) is 1. The number of fused-ring (bicyclic) bond motifs is 1. The van der Waals surface area contributed by atoms with Gasteiger partial charge in [0.15, 0.2) is 0 Å². The van der Waals surface area contributed by atoms with Crippen molar-refractivity contribution in [3.8, 4) is 0 Å². The van der Waals surface area contributed by atoms with Gasteiger partial charge in [-0.25, -0.2) is 9.59 Å².